The number of urea groups is 1. The number of rotatable bonds is 4. The highest BCUT2D eigenvalue weighted by Crippen LogP contribution is 2.32. The van der Waals surface area contributed by atoms with Gasteiger partial charge in [0.15, 0.2) is 0 Å². The molecule has 0 spiro atoms. The van der Waals surface area contributed by atoms with Crippen LogP contribution in [0.3, 0.4) is 0 Å². The average molecular weight is 488 g/mol. The lowest BCUT2D eigenvalue weighted by Crippen LogP contribution is -2.52. The van der Waals surface area contributed by atoms with E-state index < -0.39 is 35.3 Å². The molecule has 0 aromatic heterocycles. The number of piperidine rings is 1. The van der Waals surface area contributed by atoms with Crippen LogP contribution in [0.2, 0.25) is 0 Å². The van der Waals surface area contributed by atoms with Gasteiger partial charge in [-0.2, -0.15) is 13.2 Å². The third kappa shape index (κ3) is 4.98. The van der Waals surface area contributed by atoms with Crippen LogP contribution in [0.5, 0.6) is 0 Å². The second-order valence-corrected chi connectivity index (χ2v) is 9.05. The van der Waals surface area contributed by atoms with Gasteiger partial charge in [-0.1, -0.05) is 12.1 Å². The van der Waals surface area contributed by atoms with E-state index in [1.165, 1.54) is 17.0 Å². The maximum atomic E-state index is 12.8. The molecule has 1 unspecified atom stereocenters. The zero-order valence-corrected chi connectivity index (χ0v) is 19.0. The molecular formula is C24H23F3N4O4. The van der Waals surface area contributed by atoms with E-state index in [0.29, 0.717) is 22.4 Å². The summed E-state index contributed by atoms with van der Waals surface area (Å²) in [5, 5.41) is 7.65. The topological polar surface area (TPSA) is 108 Å². The summed E-state index contributed by atoms with van der Waals surface area (Å²) in [6.45, 7) is 3.48. The van der Waals surface area contributed by atoms with Crippen LogP contribution >= 0.6 is 0 Å². The van der Waals surface area contributed by atoms with Crippen molar-refractivity contribution in [3.05, 3.63) is 64.7 Å². The molecule has 2 aliphatic heterocycles. The van der Waals surface area contributed by atoms with E-state index in [9.17, 15) is 32.3 Å². The largest absolute Gasteiger partial charge is 0.416 e. The Morgan fingerprint density at radius 3 is 2.31 bits per heavy atom. The van der Waals surface area contributed by atoms with Crippen LogP contribution in [0.4, 0.5) is 23.7 Å². The lowest BCUT2D eigenvalue weighted by atomic mass is 9.93. The number of carbonyl (C=O) groups excluding carboxylic acids is 4. The minimum atomic E-state index is -4.45. The summed E-state index contributed by atoms with van der Waals surface area (Å²) in [6, 6.07) is 7.96. The van der Waals surface area contributed by atoms with Crippen molar-refractivity contribution in [3.63, 3.8) is 0 Å². The Morgan fingerprint density at radius 2 is 1.69 bits per heavy atom. The van der Waals surface area contributed by atoms with Gasteiger partial charge in [0.2, 0.25) is 11.8 Å². The summed E-state index contributed by atoms with van der Waals surface area (Å²) in [5.74, 6) is -1.20. The van der Waals surface area contributed by atoms with Gasteiger partial charge in [0, 0.05) is 24.2 Å². The highest BCUT2D eigenvalue weighted by Gasteiger charge is 2.39. The summed E-state index contributed by atoms with van der Waals surface area (Å²) in [7, 11) is 0. The van der Waals surface area contributed by atoms with Crippen molar-refractivity contribution in [1.29, 1.82) is 0 Å². The maximum absolute atomic E-state index is 12.8. The van der Waals surface area contributed by atoms with Crippen molar-refractivity contribution in [1.82, 2.24) is 15.5 Å². The van der Waals surface area contributed by atoms with Crippen LogP contribution in [-0.4, -0.2) is 34.7 Å². The Kier molecular flexibility index (Phi) is 6.04. The number of benzene rings is 2. The third-order valence-corrected chi connectivity index (χ3v) is 6.14. The Balaban J connectivity index is 1.42. The van der Waals surface area contributed by atoms with Crippen LogP contribution in [0, 0.1) is 0 Å². The SMILES string of the molecule is CC(C)(NC(=O)Nc1ccc2c(c1)CN(C1CCC(=O)NC1=O)C2=O)c1ccc(C(F)(F)F)cc1. The van der Waals surface area contributed by atoms with Gasteiger partial charge < -0.3 is 15.5 Å². The fourth-order valence-corrected chi connectivity index (χ4v) is 4.25. The van der Waals surface area contributed by atoms with E-state index in [0.717, 1.165) is 12.1 Å². The first-order valence-electron chi connectivity index (χ1n) is 10.9. The van der Waals surface area contributed by atoms with Crippen molar-refractivity contribution < 1.29 is 32.3 Å². The fraction of sp³-hybridized carbons (Fsp3) is 0.333. The number of anilines is 1. The molecule has 4 rings (SSSR count). The molecule has 184 valence electrons. The summed E-state index contributed by atoms with van der Waals surface area (Å²) < 4.78 is 38.4. The minimum absolute atomic E-state index is 0.151. The fourth-order valence-electron chi connectivity index (χ4n) is 4.25. The molecule has 0 bridgehead atoms. The molecule has 2 aromatic rings. The Morgan fingerprint density at radius 1 is 1.03 bits per heavy atom. The number of alkyl halides is 3. The molecule has 1 atom stereocenters. The molecule has 8 nitrogen and oxygen atoms in total. The number of nitrogens with one attached hydrogen (secondary N) is 3. The summed E-state index contributed by atoms with van der Waals surface area (Å²) in [5.41, 5.74) is 0.178. The predicted octanol–water partition coefficient (Wildman–Crippen LogP) is 3.52. The number of imide groups is 1. The number of fused-ring (bicyclic) bond motifs is 1. The normalized spacial score (nSPS) is 18.3. The van der Waals surface area contributed by atoms with Crippen LogP contribution in [0.1, 0.15) is 53.7 Å². The van der Waals surface area contributed by atoms with Crippen LogP contribution in [-0.2, 0) is 27.8 Å². The summed E-state index contributed by atoms with van der Waals surface area (Å²) in [4.78, 5) is 50.4. The number of amides is 5. The Bertz CT molecular complexity index is 1210. The monoisotopic (exact) mass is 488 g/mol. The first kappa shape index (κ1) is 24.2. The number of carbonyl (C=O) groups is 4. The first-order chi connectivity index (χ1) is 16.3. The van der Waals surface area contributed by atoms with Crippen LogP contribution < -0.4 is 16.0 Å². The van der Waals surface area contributed by atoms with E-state index in [1.54, 1.807) is 32.0 Å². The Labute approximate surface area is 198 Å². The van der Waals surface area contributed by atoms with Crippen LogP contribution in [0.15, 0.2) is 42.5 Å². The molecule has 11 heteroatoms. The highest BCUT2D eigenvalue weighted by molar-refractivity contribution is 6.05. The van der Waals surface area contributed by atoms with Gasteiger partial charge in [0.25, 0.3) is 5.91 Å². The zero-order chi connectivity index (χ0) is 25.5. The second-order valence-electron chi connectivity index (χ2n) is 9.05. The minimum Gasteiger partial charge on any atom is -0.329 e. The quantitative estimate of drug-likeness (QED) is 0.573. The molecule has 1 saturated heterocycles. The van der Waals surface area contributed by atoms with E-state index in [1.807, 2.05) is 0 Å². The average Bonchev–Trinajstić information content (AvgIpc) is 3.08. The number of hydrogen-bond acceptors (Lipinski definition) is 4. The van der Waals surface area contributed by atoms with Gasteiger partial charge in [-0.15, -0.1) is 0 Å². The molecule has 0 saturated carbocycles. The van der Waals surface area contributed by atoms with Crippen molar-refractivity contribution in [3.8, 4) is 0 Å². The maximum Gasteiger partial charge on any atom is 0.416 e. The van der Waals surface area contributed by atoms with E-state index >= 15 is 0 Å². The van der Waals surface area contributed by atoms with Gasteiger partial charge in [0.05, 0.1) is 11.1 Å². The van der Waals surface area contributed by atoms with E-state index in [4.69, 9.17) is 0 Å². The molecule has 2 aliphatic rings. The lowest BCUT2D eigenvalue weighted by Gasteiger charge is -2.29. The van der Waals surface area contributed by atoms with Gasteiger partial charge >= 0.3 is 12.2 Å². The Hall–Kier alpha value is -3.89. The molecule has 0 radical (unpaired) electrons. The third-order valence-electron chi connectivity index (χ3n) is 6.14. The molecular weight excluding hydrogens is 465 g/mol. The van der Waals surface area contributed by atoms with Gasteiger partial charge in [-0.3, -0.25) is 19.7 Å². The van der Waals surface area contributed by atoms with Crippen molar-refractivity contribution in [2.24, 2.45) is 0 Å². The molecule has 35 heavy (non-hydrogen) atoms. The summed E-state index contributed by atoms with van der Waals surface area (Å²) in [6.07, 6.45) is -4.05. The number of hydrogen-bond donors (Lipinski definition) is 3. The lowest BCUT2D eigenvalue weighted by molar-refractivity contribution is -0.138. The molecule has 3 N–H and O–H groups in total. The van der Waals surface area contributed by atoms with Crippen LogP contribution in [0.25, 0.3) is 0 Å². The molecule has 2 aromatic carbocycles. The standard InChI is InChI=1S/C24H23F3N4O4/c1-23(2,14-3-5-15(6-4-14)24(25,26)27)30-22(35)28-16-7-8-17-13(11-16)12-31(21(17)34)18-9-10-19(32)29-20(18)33/h3-8,11,18H,9-10,12H2,1-2H3,(H2,28,30,35)(H,29,32,33). The number of halogens is 3. The molecule has 1 fully saturated rings. The molecule has 2 heterocycles. The summed E-state index contributed by atoms with van der Waals surface area (Å²) >= 11 is 0. The van der Waals surface area contributed by atoms with Gasteiger partial charge in [-0.05, 0) is 61.7 Å². The van der Waals surface area contributed by atoms with Crippen molar-refractivity contribution >= 4 is 29.4 Å². The molecule has 5 amide bonds. The van der Waals surface area contributed by atoms with Crippen molar-refractivity contribution in [2.45, 2.75) is 51.0 Å². The van der Waals surface area contributed by atoms with E-state index in [-0.39, 0.29) is 31.2 Å². The predicted molar refractivity (Wildman–Crippen MR) is 119 cm³/mol. The smallest absolute Gasteiger partial charge is 0.329 e. The molecule has 0 aliphatic carbocycles. The highest BCUT2D eigenvalue weighted by atomic mass is 19.4. The van der Waals surface area contributed by atoms with Crippen molar-refractivity contribution in [2.75, 3.05) is 5.32 Å². The van der Waals surface area contributed by atoms with Gasteiger partial charge in [-0.25, -0.2) is 4.79 Å². The first-order valence-corrected chi connectivity index (χ1v) is 10.9. The number of nitrogens with zero attached hydrogens (tertiary/aromatic N) is 1. The second kappa shape index (κ2) is 8.71. The van der Waals surface area contributed by atoms with Gasteiger partial charge in [0.1, 0.15) is 6.04 Å². The zero-order valence-electron chi connectivity index (χ0n) is 19.0. The van der Waals surface area contributed by atoms with E-state index in [2.05, 4.69) is 16.0 Å².